The van der Waals surface area contributed by atoms with Gasteiger partial charge in [-0.15, -0.1) is 0 Å². The number of aliphatic hydroxyl groups excluding tert-OH is 2. The summed E-state index contributed by atoms with van der Waals surface area (Å²) in [4.78, 5) is 39.6. The fourth-order valence-corrected chi connectivity index (χ4v) is 6.96. The molecule has 10 atom stereocenters. The molecule has 0 bridgehead atoms. The van der Waals surface area contributed by atoms with E-state index in [9.17, 15) is 24.6 Å². The largest absolute Gasteiger partial charge is 0.445 e. The minimum absolute atomic E-state index is 0.0218. The predicted molar refractivity (Wildman–Crippen MR) is 208 cm³/mol. The van der Waals surface area contributed by atoms with Crippen LogP contribution in [0, 0.1) is 11.8 Å². The number of rotatable bonds is 17. The van der Waals surface area contributed by atoms with E-state index in [1.54, 1.807) is 0 Å². The van der Waals surface area contributed by atoms with Crippen LogP contribution in [0.25, 0.3) is 0 Å². The molecule has 0 aromatic heterocycles. The van der Waals surface area contributed by atoms with Gasteiger partial charge in [0, 0.05) is 18.4 Å². The lowest BCUT2D eigenvalue weighted by atomic mass is 9.80. The van der Waals surface area contributed by atoms with Crippen LogP contribution in [0.1, 0.15) is 69.6 Å². The van der Waals surface area contributed by atoms with Gasteiger partial charge in [-0.3, -0.25) is 4.79 Å². The van der Waals surface area contributed by atoms with Gasteiger partial charge in [-0.25, -0.2) is 9.59 Å². The number of alkyl carbamates (subject to hydrolysis) is 2. The second-order valence-electron chi connectivity index (χ2n) is 14.8. The van der Waals surface area contributed by atoms with Crippen LogP contribution in [0.4, 0.5) is 9.59 Å². The van der Waals surface area contributed by atoms with Crippen LogP contribution in [0.15, 0.2) is 91.0 Å². The van der Waals surface area contributed by atoms with Crippen LogP contribution < -0.4 is 16.0 Å². The van der Waals surface area contributed by atoms with E-state index < -0.39 is 61.1 Å². The van der Waals surface area contributed by atoms with Gasteiger partial charge in [0.15, 0.2) is 6.29 Å². The minimum atomic E-state index is -1.59. The van der Waals surface area contributed by atoms with E-state index in [-0.39, 0.29) is 44.1 Å². The first-order valence-electron chi connectivity index (χ1n) is 19.7. The van der Waals surface area contributed by atoms with Crippen LogP contribution >= 0.6 is 0 Å². The van der Waals surface area contributed by atoms with E-state index in [4.69, 9.17) is 23.7 Å². The van der Waals surface area contributed by atoms with E-state index >= 15 is 0 Å². The maximum Gasteiger partial charge on any atom is 0.407 e. The van der Waals surface area contributed by atoms with Crippen LogP contribution in [0.5, 0.6) is 0 Å². The maximum atomic E-state index is 13.5. The Bertz CT molecular complexity index is 1630. The van der Waals surface area contributed by atoms with Crippen molar-refractivity contribution in [3.63, 3.8) is 0 Å². The number of benzene rings is 3. The van der Waals surface area contributed by atoms with Gasteiger partial charge in [0.2, 0.25) is 5.91 Å². The molecule has 2 fully saturated rings. The lowest BCUT2D eigenvalue weighted by molar-refractivity contribution is -0.276. The summed E-state index contributed by atoms with van der Waals surface area (Å²) >= 11 is 0. The van der Waals surface area contributed by atoms with Crippen molar-refractivity contribution in [1.82, 2.24) is 16.0 Å². The highest BCUT2D eigenvalue weighted by atomic mass is 16.7. The van der Waals surface area contributed by atoms with Crippen molar-refractivity contribution >= 4 is 18.1 Å². The normalized spacial score (nSPS) is 26.7. The minimum Gasteiger partial charge on any atom is -0.445 e. The van der Waals surface area contributed by atoms with Gasteiger partial charge in [-0.2, -0.15) is 0 Å². The van der Waals surface area contributed by atoms with Crippen molar-refractivity contribution < 1.29 is 48.3 Å². The van der Waals surface area contributed by atoms with Gasteiger partial charge in [0.25, 0.3) is 0 Å². The molecule has 3 aromatic carbocycles. The molecule has 5 rings (SSSR count). The van der Waals surface area contributed by atoms with Crippen molar-refractivity contribution in [3.05, 3.63) is 108 Å². The van der Waals surface area contributed by atoms with Crippen molar-refractivity contribution in [2.75, 3.05) is 6.54 Å². The number of hydrogen-bond acceptors (Lipinski definition) is 10. The average Bonchev–Trinajstić information content (AvgIpc) is 3.22. The van der Waals surface area contributed by atoms with Crippen LogP contribution in [-0.2, 0) is 48.3 Å². The summed E-state index contributed by atoms with van der Waals surface area (Å²) in [7, 11) is 0. The molecule has 5 N–H and O–H groups in total. The SMILES string of the molecule is CCCC[C@H](C)C(=O)N[C@@H]1C(OCc2ccccc2)[C@H](NC(=O)OCc2ccccc2)C(O[C@H]2OC(CNC(=O)OCc3ccccc3)CCC2C)C(O)[C@H]1O. The van der Waals surface area contributed by atoms with Crippen LogP contribution in [0.3, 0.4) is 0 Å². The Labute approximate surface area is 329 Å². The molecule has 2 aliphatic rings. The Morgan fingerprint density at radius 3 is 1.91 bits per heavy atom. The lowest BCUT2D eigenvalue weighted by Crippen LogP contribution is -2.73. The molecule has 56 heavy (non-hydrogen) atoms. The summed E-state index contributed by atoms with van der Waals surface area (Å²) in [5.41, 5.74) is 2.45. The average molecular weight is 776 g/mol. The number of ether oxygens (including phenoxy) is 5. The Morgan fingerprint density at radius 1 is 0.750 bits per heavy atom. The zero-order chi connectivity index (χ0) is 39.9. The highest BCUT2D eigenvalue weighted by molar-refractivity contribution is 5.78. The van der Waals surface area contributed by atoms with E-state index in [1.807, 2.05) is 112 Å². The van der Waals surface area contributed by atoms with Crippen molar-refractivity contribution in [2.45, 2.75) is 122 Å². The van der Waals surface area contributed by atoms with E-state index in [0.717, 1.165) is 29.5 Å². The summed E-state index contributed by atoms with van der Waals surface area (Å²) in [6.45, 7) is 6.12. The molecular formula is C43H57N3O10. The van der Waals surface area contributed by atoms with E-state index in [1.165, 1.54) is 0 Å². The van der Waals surface area contributed by atoms with Crippen molar-refractivity contribution in [3.8, 4) is 0 Å². The molecule has 3 amide bonds. The smallest absolute Gasteiger partial charge is 0.407 e. The Hall–Kier alpha value is -4.53. The van der Waals surface area contributed by atoms with Crippen molar-refractivity contribution in [1.29, 1.82) is 0 Å². The first kappa shape index (κ1) is 42.6. The number of carbonyl (C=O) groups excluding carboxylic acids is 3. The third-order valence-corrected chi connectivity index (χ3v) is 10.4. The van der Waals surface area contributed by atoms with Gasteiger partial charge >= 0.3 is 12.2 Å². The fraction of sp³-hybridized carbons (Fsp3) is 0.512. The number of carbonyl (C=O) groups is 3. The zero-order valence-corrected chi connectivity index (χ0v) is 32.5. The molecule has 3 aromatic rings. The molecule has 1 saturated carbocycles. The third kappa shape index (κ3) is 12.5. The number of hydrogen-bond donors (Lipinski definition) is 5. The van der Waals surface area contributed by atoms with Gasteiger partial charge in [-0.1, -0.05) is 125 Å². The Morgan fingerprint density at radius 2 is 1.32 bits per heavy atom. The molecule has 13 heteroatoms. The van der Waals surface area contributed by atoms with Gasteiger partial charge < -0.3 is 49.8 Å². The van der Waals surface area contributed by atoms with Crippen molar-refractivity contribution in [2.24, 2.45) is 11.8 Å². The maximum absolute atomic E-state index is 13.5. The molecule has 13 nitrogen and oxygen atoms in total. The first-order chi connectivity index (χ1) is 27.1. The highest BCUT2D eigenvalue weighted by Crippen LogP contribution is 2.33. The quantitative estimate of drug-likeness (QED) is 0.120. The topological polar surface area (TPSA) is 174 Å². The highest BCUT2D eigenvalue weighted by Gasteiger charge is 2.54. The molecular weight excluding hydrogens is 718 g/mol. The monoisotopic (exact) mass is 775 g/mol. The zero-order valence-electron chi connectivity index (χ0n) is 32.5. The first-order valence-corrected chi connectivity index (χ1v) is 19.7. The predicted octanol–water partition coefficient (Wildman–Crippen LogP) is 5.37. The number of unbranched alkanes of at least 4 members (excludes halogenated alkanes) is 1. The Balaban J connectivity index is 1.35. The fourth-order valence-electron chi connectivity index (χ4n) is 6.96. The summed E-state index contributed by atoms with van der Waals surface area (Å²) in [6, 6.07) is 25.6. The van der Waals surface area contributed by atoms with Gasteiger partial charge in [-0.05, 0) is 36.0 Å². The second-order valence-corrected chi connectivity index (χ2v) is 14.8. The van der Waals surface area contributed by atoms with Crippen LogP contribution in [-0.4, -0.2) is 83.7 Å². The number of amides is 3. The second kappa shape index (κ2) is 21.7. The summed E-state index contributed by atoms with van der Waals surface area (Å²) in [6.07, 6.45) is -4.55. The van der Waals surface area contributed by atoms with Crippen LogP contribution in [0.2, 0.25) is 0 Å². The van der Waals surface area contributed by atoms with Gasteiger partial charge in [0.05, 0.1) is 24.8 Å². The summed E-state index contributed by atoms with van der Waals surface area (Å²) in [5, 5.41) is 32.1. The molecule has 1 heterocycles. The molecule has 0 radical (unpaired) electrons. The standard InChI is InChI=1S/C43H57N3O10/c1-4-5-15-28(2)40(49)45-34-36(47)37(48)39(56-41-29(3)22-23-33(55-41)24-44-42(50)53-26-31-18-11-7-12-19-31)35(38(34)52-25-30-16-9-6-10-17-30)46-43(51)54-27-32-20-13-8-14-21-32/h6-14,16-21,28-29,33-39,41,47-48H,4-5,15,22-27H2,1-3H3,(H,44,50)(H,45,49)(H,46,51)/t28-,29?,33?,34-,35-,36-,37?,38?,39?,41+/m0/s1. The molecule has 304 valence electrons. The molecule has 0 spiro atoms. The van der Waals surface area contributed by atoms with E-state index in [0.29, 0.717) is 19.3 Å². The molecule has 5 unspecified atom stereocenters. The molecule has 1 aliphatic heterocycles. The lowest BCUT2D eigenvalue weighted by Gasteiger charge is -2.49. The summed E-state index contributed by atoms with van der Waals surface area (Å²) in [5.74, 6) is -0.843. The van der Waals surface area contributed by atoms with Gasteiger partial charge in [0.1, 0.15) is 37.6 Å². The summed E-state index contributed by atoms with van der Waals surface area (Å²) < 4.78 is 30.3. The Kier molecular flexibility index (Phi) is 16.5. The number of nitrogens with one attached hydrogen (secondary N) is 3. The molecule has 1 aliphatic carbocycles. The third-order valence-electron chi connectivity index (χ3n) is 10.4. The van der Waals surface area contributed by atoms with E-state index in [2.05, 4.69) is 16.0 Å². The molecule has 1 saturated heterocycles. The number of aliphatic hydroxyl groups is 2.